The summed E-state index contributed by atoms with van der Waals surface area (Å²) < 4.78 is 11.7. The van der Waals surface area contributed by atoms with Crippen molar-refractivity contribution in [3.63, 3.8) is 0 Å². The van der Waals surface area contributed by atoms with Gasteiger partial charge in [0.25, 0.3) is 5.91 Å². The zero-order valence-corrected chi connectivity index (χ0v) is 20.0. The van der Waals surface area contributed by atoms with E-state index in [1.807, 2.05) is 31.2 Å². The monoisotopic (exact) mass is 468 g/mol. The number of aromatic nitrogens is 2. The summed E-state index contributed by atoms with van der Waals surface area (Å²) in [6.07, 6.45) is 4.65. The molecule has 1 saturated carbocycles. The number of fused-ring (bicyclic) bond motifs is 1. The Balaban J connectivity index is 1.60. The van der Waals surface area contributed by atoms with Gasteiger partial charge in [0.05, 0.1) is 20.3 Å². The molecule has 4 rings (SSSR count). The summed E-state index contributed by atoms with van der Waals surface area (Å²) in [5.74, 6) is -0.350. The summed E-state index contributed by atoms with van der Waals surface area (Å²) in [4.78, 5) is 40.7. The number of esters is 1. The van der Waals surface area contributed by atoms with Crippen LogP contribution in [0.2, 0.25) is 0 Å². The van der Waals surface area contributed by atoms with E-state index in [1.54, 1.807) is 11.8 Å². The van der Waals surface area contributed by atoms with Crippen LogP contribution >= 0.6 is 0 Å². The van der Waals surface area contributed by atoms with Gasteiger partial charge >= 0.3 is 5.97 Å². The predicted octanol–water partition coefficient (Wildman–Crippen LogP) is 2.58. The number of carbonyl (C=O) groups excluding carboxylic acids is 3. The van der Waals surface area contributed by atoms with Gasteiger partial charge in [0.15, 0.2) is 5.69 Å². The summed E-state index contributed by atoms with van der Waals surface area (Å²) in [7, 11) is 1.27. The van der Waals surface area contributed by atoms with Crippen molar-refractivity contribution in [1.29, 1.82) is 0 Å². The van der Waals surface area contributed by atoms with Crippen LogP contribution in [0, 0.1) is 0 Å². The Morgan fingerprint density at radius 3 is 2.56 bits per heavy atom. The molecule has 2 aliphatic rings. The standard InChI is InChI=1S/C25H32N4O5/c1-4-34-19-11-9-17(10-12-19)13-14-28-22(30)21-15-20(23(31)33-3)27-29(21)16-25(28,2)24(32)26-18-7-5-6-8-18/h9-12,15,18H,4-8,13-14,16H2,1-3H3,(H,26,32)/t25-/m0/s1. The second-order valence-electron chi connectivity index (χ2n) is 9.08. The summed E-state index contributed by atoms with van der Waals surface area (Å²) in [6, 6.07) is 9.30. The summed E-state index contributed by atoms with van der Waals surface area (Å²) >= 11 is 0. The molecule has 34 heavy (non-hydrogen) atoms. The Morgan fingerprint density at radius 2 is 1.91 bits per heavy atom. The van der Waals surface area contributed by atoms with Gasteiger partial charge in [-0.25, -0.2) is 4.79 Å². The van der Waals surface area contributed by atoms with E-state index in [-0.39, 0.29) is 35.8 Å². The third-order valence-corrected chi connectivity index (χ3v) is 6.73. The van der Waals surface area contributed by atoms with Crippen LogP contribution in [-0.2, 0) is 22.5 Å². The first-order valence-corrected chi connectivity index (χ1v) is 11.9. The molecule has 0 saturated heterocycles. The van der Waals surface area contributed by atoms with Gasteiger partial charge in [-0.3, -0.25) is 14.3 Å². The molecule has 1 fully saturated rings. The molecule has 1 aromatic heterocycles. The third-order valence-electron chi connectivity index (χ3n) is 6.73. The average Bonchev–Trinajstić information content (AvgIpc) is 3.49. The van der Waals surface area contributed by atoms with Crippen molar-refractivity contribution in [3.8, 4) is 5.75 Å². The molecule has 2 amide bonds. The first-order chi connectivity index (χ1) is 16.4. The number of rotatable bonds is 8. The van der Waals surface area contributed by atoms with Crippen LogP contribution in [0.4, 0.5) is 0 Å². The van der Waals surface area contributed by atoms with E-state index in [0.29, 0.717) is 19.6 Å². The maximum Gasteiger partial charge on any atom is 0.358 e. The van der Waals surface area contributed by atoms with Gasteiger partial charge in [0.2, 0.25) is 5.91 Å². The zero-order valence-electron chi connectivity index (χ0n) is 20.0. The van der Waals surface area contributed by atoms with Gasteiger partial charge < -0.3 is 19.7 Å². The summed E-state index contributed by atoms with van der Waals surface area (Å²) in [5.41, 5.74) is 0.220. The molecule has 2 heterocycles. The number of hydrogen-bond donors (Lipinski definition) is 1. The maximum atomic E-state index is 13.6. The van der Waals surface area contributed by atoms with E-state index < -0.39 is 11.5 Å². The Labute approximate surface area is 199 Å². The quantitative estimate of drug-likeness (QED) is 0.598. The van der Waals surface area contributed by atoms with Crippen molar-refractivity contribution in [1.82, 2.24) is 20.0 Å². The third kappa shape index (κ3) is 4.64. The van der Waals surface area contributed by atoms with Crippen LogP contribution < -0.4 is 10.1 Å². The number of hydrogen-bond acceptors (Lipinski definition) is 6. The van der Waals surface area contributed by atoms with Crippen molar-refractivity contribution in [2.45, 2.75) is 64.1 Å². The van der Waals surface area contributed by atoms with E-state index >= 15 is 0 Å². The molecule has 0 radical (unpaired) electrons. The molecule has 0 unspecified atom stereocenters. The predicted molar refractivity (Wildman–Crippen MR) is 125 cm³/mol. The number of nitrogens with zero attached hydrogens (tertiary/aromatic N) is 3. The summed E-state index contributed by atoms with van der Waals surface area (Å²) in [5, 5.41) is 7.41. The lowest BCUT2D eigenvalue weighted by Crippen LogP contribution is -2.65. The molecule has 9 nitrogen and oxygen atoms in total. The van der Waals surface area contributed by atoms with Gasteiger partial charge in [-0.1, -0.05) is 25.0 Å². The second kappa shape index (κ2) is 9.87. The highest BCUT2D eigenvalue weighted by Gasteiger charge is 2.48. The van der Waals surface area contributed by atoms with Crippen LogP contribution in [0.1, 0.15) is 66.1 Å². The molecule has 0 spiro atoms. The minimum atomic E-state index is -1.14. The van der Waals surface area contributed by atoms with Gasteiger partial charge in [-0.15, -0.1) is 0 Å². The Kier molecular flexibility index (Phi) is 6.90. The molecule has 9 heteroatoms. The molecule has 1 aliphatic carbocycles. The van der Waals surface area contributed by atoms with E-state index in [2.05, 4.69) is 10.4 Å². The second-order valence-corrected chi connectivity index (χ2v) is 9.08. The average molecular weight is 469 g/mol. The van der Waals surface area contributed by atoms with E-state index in [4.69, 9.17) is 9.47 Å². The smallest absolute Gasteiger partial charge is 0.358 e. The molecule has 1 aliphatic heterocycles. The fourth-order valence-corrected chi connectivity index (χ4v) is 4.77. The Hall–Kier alpha value is -3.36. The lowest BCUT2D eigenvalue weighted by Gasteiger charge is -2.43. The first kappa shape index (κ1) is 23.8. The van der Waals surface area contributed by atoms with Gasteiger partial charge in [0, 0.05) is 18.7 Å². The molecule has 1 aromatic carbocycles. The van der Waals surface area contributed by atoms with Crippen molar-refractivity contribution in [2.75, 3.05) is 20.3 Å². The lowest BCUT2D eigenvalue weighted by molar-refractivity contribution is -0.133. The van der Waals surface area contributed by atoms with Gasteiger partial charge in [0.1, 0.15) is 17.0 Å². The van der Waals surface area contributed by atoms with E-state index in [9.17, 15) is 14.4 Å². The minimum Gasteiger partial charge on any atom is -0.494 e. The van der Waals surface area contributed by atoms with Crippen molar-refractivity contribution < 1.29 is 23.9 Å². The van der Waals surface area contributed by atoms with E-state index in [1.165, 1.54) is 17.9 Å². The number of benzene rings is 1. The highest BCUT2D eigenvalue weighted by atomic mass is 16.5. The highest BCUT2D eigenvalue weighted by Crippen LogP contribution is 2.29. The topological polar surface area (TPSA) is 103 Å². The maximum absolute atomic E-state index is 13.6. The SMILES string of the molecule is CCOc1ccc(CCN2C(=O)c3cc(C(=O)OC)nn3C[C@@]2(C)C(=O)NC2CCCC2)cc1. The lowest BCUT2D eigenvalue weighted by atomic mass is 9.93. The Bertz CT molecular complexity index is 1060. The highest BCUT2D eigenvalue weighted by molar-refractivity contribution is 6.01. The van der Waals surface area contributed by atoms with Crippen LogP contribution in [-0.4, -0.2) is 64.3 Å². The van der Waals surface area contributed by atoms with Crippen molar-refractivity contribution >= 4 is 17.8 Å². The number of methoxy groups -OCH3 is 1. The normalized spacial score (nSPS) is 20.2. The van der Waals surface area contributed by atoms with Crippen LogP contribution in [0.5, 0.6) is 5.75 Å². The number of carbonyl (C=O) groups is 3. The van der Waals surface area contributed by atoms with Gasteiger partial charge in [-0.05, 0) is 50.8 Å². The Morgan fingerprint density at radius 1 is 1.21 bits per heavy atom. The van der Waals surface area contributed by atoms with E-state index in [0.717, 1.165) is 37.0 Å². The fraction of sp³-hybridized carbons (Fsp3) is 0.520. The molecule has 0 bridgehead atoms. The van der Waals surface area contributed by atoms with Crippen LogP contribution in [0.3, 0.4) is 0 Å². The zero-order chi connectivity index (χ0) is 24.3. The number of ether oxygens (including phenoxy) is 2. The molecule has 1 N–H and O–H groups in total. The molecular formula is C25H32N4O5. The number of nitrogens with one attached hydrogen (secondary N) is 1. The first-order valence-electron chi connectivity index (χ1n) is 11.9. The fourth-order valence-electron chi connectivity index (χ4n) is 4.77. The molecule has 182 valence electrons. The molecule has 2 aromatic rings. The van der Waals surface area contributed by atoms with Crippen LogP contribution in [0.25, 0.3) is 0 Å². The van der Waals surface area contributed by atoms with Crippen molar-refractivity contribution in [2.24, 2.45) is 0 Å². The van der Waals surface area contributed by atoms with Gasteiger partial charge in [-0.2, -0.15) is 5.10 Å². The minimum absolute atomic E-state index is 0.0535. The largest absolute Gasteiger partial charge is 0.494 e. The van der Waals surface area contributed by atoms with Crippen LogP contribution in [0.15, 0.2) is 30.3 Å². The molecule has 1 atom stereocenters. The molecular weight excluding hydrogens is 436 g/mol. The summed E-state index contributed by atoms with van der Waals surface area (Å²) in [6.45, 7) is 4.81. The number of amides is 2. The van der Waals surface area contributed by atoms with Crippen molar-refractivity contribution in [3.05, 3.63) is 47.3 Å².